The summed E-state index contributed by atoms with van der Waals surface area (Å²) in [5.41, 5.74) is 2.89. The van der Waals surface area contributed by atoms with Gasteiger partial charge in [0.25, 0.3) is 0 Å². The number of benzene rings is 1. The molecule has 32 heavy (non-hydrogen) atoms. The largest absolute Gasteiger partial charge is 0.507 e. The molecule has 7 nitrogen and oxygen atoms in total. The smallest absolute Gasteiger partial charge is 0.312 e. The van der Waals surface area contributed by atoms with Gasteiger partial charge in [0.2, 0.25) is 0 Å². The van der Waals surface area contributed by atoms with Crippen molar-refractivity contribution in [2.45, 2.75) is 59.4 Å². The molecule has 3 rings (SSSR count). The van der Waals surface area contributed by atoms with Crippen LogP contribution in [0.3, 0.4) is 0 Å². The molecule has 1 saturated heterocycles. The Kier molecular flexibility index (Phi) is 7.39. The minimum atomic E-state index is -0.540. The van der Waals surface area contributed by atoms with E-state index in [2.05, 4.69) is 34.3 Å². The number of anilines is 1. The number of aryl methyl sites for hydroxylation is 1. The number of piperidine rings is 1. The third kappa shape index (κ3) is 5.57. The predicted octanol–water partition coefficient (Wildman–Crippen LogP) is 4.36. The van der Waals surface area contributed by atoms with Crippen molar-refractivity contribution in [2.24, 2.45) is 5.41 Å². The first-order chi connectivity index (χ1) is 15.1. The van der Waals surface area contributed by atoms with Gasteiger partial charge in [-0.3, -0.25) is 4.79 Å². The van der Waals surface area contributed by atoms with Gasteiger partial charge in [0.1, 0.15) is 11.6 Å². The lowest BCUT2D eigenvalue weighted by Gasteiger charge is -2.37. The molecule has 0 spiro atoms. The molecule has 1 atom stereocenters. The second kappa shape index (κ2) is 9.86. The molecule has 0 aliphatic carbocycles. The molecular formula is C25H36N4O3. The van der Waals surface area contributed by atoms with Crippen LogP contribution in [-0.4, -0.2) is 59.0 Å². The van der Waals surface area contributed by atoms with Crippen molar-refractivity contribution >= 4 is 11.8 Å². The Hall–Kier alpha value is -2.67. The topological polar surface area (TPSA) is 87.6 Å². The standard InChI is InChI=1S/C25H36N4O3/c1-16(2)18-9-10-20(21(30)13-18)23-17(3)12-22(27-28-23)26-19-8-7-11-29(14-19)15-25(4,5)24(31)32-6/h9-10,12-13,16,19,30H,7-8,11,14-15H2,1-6H3,(H,26,27)/t19-/m1/s1. The second-order valence-corrected chi connectivity index (χ2v) is 9.79. The van der Waals surface area contributed by atoms with Crippen LogP contribution in [0.25, 0.3) is 11.3 Å². The normalized spacial score (nSPS) is 17.4. The average Bonchev–Trinajstić information content (AvgIpc) is 2.73. The zero-order valence-electron chi connectivity index (χ0n) is 20.1. The Morgan fingerprint density at radius 1 is 1.31 bits per heavy atom. The van der Waals surface area contributed by atoms with Gasteiger partial charge in [-0.15, -0.1) is 10.2 Å². The SMILES string of the molecule is COC(=O)C(C)(C)CN1CCC[C@@H](Nc2cc(C)c(-c3ccc(C(C)C)cc3O)nn2)C1. The molecule has 174 valence electrons. The lowest BCUT2D eigenvalue weighted by molar-refractivity contribution is -0.152. The van der Waals surface area contributed by atoms with Crippen LogP contribution >= 0.6 is 0 Å². The summed E-state index contributed by atoms with van der Waals surface area (Å²) in [4.78, 5) is 14.3. The molecule has 0 bridgehead atoms. The molecule has 0 saturated carbocycles. The van der Waals surface area contributed by atoms with E-state index in [0.29, 0.717) is 23.7 Å². The zero-order chi connectivity index (χ0) is 23.5. The fourth-order valence-corrected chi connectivity index (χ4v) is 4.36. The first-order valence-electron chi connectivity index (χ1n) is 11.4. The Morgan fingerprint density at radius 2 is 2.06 bits per heavy atom. The van der Waals surface area contributed by atoms with Crippen LogP contribution < -0.4 is 5.32 Å². The highest BCUT2D eigenvalue weighted by Crippen LogP contribution is 2.33. The number of nitrogens with zero attached hydrogens (tertiary/aromatic N) is 3. The molecule has 1 aromatic heterocycles. The number of carbonyl (C=O) groups is 1. The number of likely N-dealkylation sites (tertiary alicyclic amines) is 1. The van der Waals surface area contributed by atoms with Crippen molar-refractivity contribution in [3.63, 3.8) is 0 Å². The van der Waals surface area contributed by atoms with Crippen molar-refractivity contribution in [3.05, 3.63) is 35.4 Å². The van der Waals surface area contributed by atoms with Crippen LogP contribution in [0.1, 0.15) is 57.6 Å². The molecule has 7 heteroatoms. The minimum Gasteiger partial charge on any atom is -0.507 e. The summed E-state index contributed by atoms with van der Waals surface area (Å²) in [5.74, 6) is 1.12. The molecule has 2 N–H and O–H groups in total. The second-order valence-electron chi connectivity index (χ2n) is 9.79. The molecule has 1 aliphatic heterocycles. The highest BCUT2D eigenvalue weighted by molar-refractivity contribution is 5.76. The number of hydrogen-bond donors (Lipinski definition) is 2. The van der Waals surface area contributed by atoms with Crippen molar-refractivity contribution in [3.8, 4) is 17.0 Å². The number of methoxy groups -OCH3 is 1. The number of phenolic OH excluding ortho intramolecular Hbond substituents is 1. The van der Waals surface area contributed by atoms with Crippen LogP contribution in [-0.2, 0) is 9.53 Å². The van der Waals surface area contributed by atoms with Gasteiger partial charge in [0, 0.05) is 24.7 Å². The van der Waals surface area contributed by atoms with Gasteiger partial charge in [0.05, 0.1) is 18.2 Å². The highest BCUT2D eigenvalue weighted by atomic mass is 16.5. The van der Waals surface area contributed by atoms with Gasteiger partial charge >= 0.3 is 5.97 Å². The average molecular weight is 441 g/mol. The first kappa shape index (κ1) is 24.0. The van der Waals surface area contributed by atoms with Crippen molar-refractivity contribution in [1.82, 2.24) is 15.1 Å². The Balaban J connectivity index is 1.68. The number of esters is 1. The third-order valence-electron chi connectivity index (χ3n) is 6.14. The number of phenols is 1. The number of aromatic nitrogens is 2. The summed E-state index contributed by atoms with van der Waals surface area (Å²) in [5, 5.41) is 22.8. The minimum absolute atomic E-state index is 0.186. The number of rotatable bonds is 7. The van der Waals surface area contributed by atoms with Crippen LogP contribution in [0, 0.1) is 12.3 Å². The lowest BCUT2D eigenvalue weighted by Crippen LogP contribution is -2.47. The summed E-state index contributed by atoms with van der Waals surface area (Å²) in [6, 6.07) is 7.96. The highest BCUT2D eigenvalue weighted by Gasteiger charge is 2.33. The summed E-state index contributed by atoms with van der Waals surface area (Å²) in [6.07, 6.45) is 2.09. The maximum absolute atomic E-state index is 12.0. The van der Waals surface area contributed by atoms with Gasteiger partial charge < -0.3 is 20.1 Å². The molecule has 0 unspecified atom stereocenters. The van der Waals surface area contributed by atoms with Crippen LogP contribution in [0.15, 0.2) is 24.3 Å². The zero-order valence-corrected chi connectivity index (χ0v) is 20.1. The summed E-state index contributed by atoms with van der Waals surface area (Å²) >= 11 is 0. The van der Waals surface area contributed by atoms with Crippen LogP contribution in [0.4, 0.5) is 5.82 Å². The maximum Gasteiger partial charge on any atom is 0.312 e. The monoisotopic (exact) mass is 440 g/mol. The Bertz CT molecular complexity index is 958. The van der Waals surface area contributed by atoms with E-state index in [0.717, 1.165) is 42.9 Å². The summed E-state index contributed by atoms with van der Waals surface area (Å²) < 4.78 is 4.95. The number of ether oxygens (including phenoxy) is 1. The third-order valence-corrected chi connectivity index (χ3v) is 6.14. The lowest BCUT2D eigenvalue weighted by atomic mass is 9.91. The van der Waals surface area contributed by atoms with E-state index in [1.807, 2.05) is 39.0 Å². The summed E-state index contributed by atoms with van der Waals surface area (Å²) in [6.45, 7) is 12.5. The van der Waals surface area contributed by atoms with E-state index in [4.69, 9.17) is 4.74 Å². The quantitative estimate of drug-likeness (QED) is 0.619. The van der Waals surface area contributed by atoms with E-state index in [-0.39, 0.29) is 17.8 Å². The van der Waals surface area contributed by atoms with Crippen LogP contribution in [0.2, 0.25) is 0 Å². The Morgan fingerprint density at radius 3 is 2.69 bits per heavy atom. The van der Waals surface area contributed by atoms with E-state index in [1.165, 1.54) is 7.11 Å². The van der Waals surface area contributed by atoms with Gasteiger partial charge in [-0.1, -0.05) is 19.9 Å². The molecule has 1 aliphatic rings. The molecule has 1 fully saturated rings. The fourth-order valence-electron chi connectivity index (χ4n) is 4.36. The Labute approximate surface area is 191 Å². The maximum atomic E-state index is 12.0. The van der Waals surface area contributed by atoms with Crippen molar-refractivity contribution in [1.29, 1.82) is 0 Å². The van der Waals surface area contributed by atoms with Crippen LogP contribution in [0.5, 0.6) is 5.75 Å². The van der Waals surface area contributed by atoms with Gasteiger partial charge in [0.15, 0.2) is 0 Å². The number of carbonyl (C=O) groups excluding carboxylic acids is 1. The van der Waals surface area contributed by atoms with Crippen molar-refractivity contribution in [2.75, 3.05) is 32.1 Å². The summed E-state index contributed by atoms with van der Waals surface area (Å²) in [7, 11) is 1.44. The predicted molar refractivity (Wildman–Crippen MR) is 127 cm³/mol. The van der Waals surface area contributed by atoms with E-state index in [9.17, 15) is 9.90 Å². The van der Waals surface area contributed by atoms with Gasteiger partial charge in [-0.2, -0.15) is 0 Å². The molecule has 1 aromatic carbocycles. The molecule has 2 heterocycles. The number of hydrogen-bond acceptors (Lipinski definition) is 7. The number of aromatic hydroxyl groups is 1. The van der Waals surface area contributed by atoms with E-state index >= 15 is 0 Å². The first-order valence-corrected chi connectivity index (χ1v) is 11.4. The van der Waals surface area contributed by atoms with Gasteiger partial charge in [-0.25, -0.2) is 0 Å². The van der Waals surface area contributed by atoms with E-state index in [1.54, 1.807) is 6.07 Å². The molecule has 0 radical (unpaired) electrons. The fraction of sp³-hybridized carbons (Fsp3) is 0.560. The van der Waals surface area contributed by atoms with E-state index < -0.39 is 5.41 Å². The number of nitrogens with one attached hydrogen (secondary N) is 1. The molecule has 2 aromatic rings. The molecule has 0 amide bonds. The molecular weight excluding hydrogens is 404 g/mol. The van der Waals surface area contributed by atoms with Crippen molar-refractivity contribution < 1.29 is 14.6 Å². The van der Waals surface area contributed by atoms with Gasteiger partial charge in [-0.05, 0) is 75.4 Å².